The maximum atomic E-state index is 11.2. The van der Waals surface area contributed by atoms with Gasteiger partial charge in [-0.3, -0.25) is 14.7 Å². The summed E-state index contributed by atoms with van der Waals surface area (Å²) in [4.78, 5) is 10.8. The van der Waals surface area contributed by atoms with Crippen LogP contribution in [0.1, 0.15) is 11.1 Å². The van der Waals surface area contributed by atoms with E-state index in [4.69, 9.17) is 4.74 Å². The minimum absolute atomic E-state index is 0.0476. The first kappa shape index (κ1) is 19.6. The lowest BCUT2D eigenvalue weighted by molar-refractivity contribution is -0.385. The first-order valence-electron chi connectivity index (χ1n) is 8.58. The molecule has 8 heteroatoms. The third-order valence-corrected chi connectivity index (χ3v) is 5.15. The van der Waals surface area contributed by atoms with Crippen molar-refractivity contribution >= 4 is 17.4 Å². The van der Waals surface area contributed by atoms with Gasteiger partial charge in [-0.2, -0.15) is 0 Å². The van der Waals surface area contributed by atoms with Gasteiger partial charge >= 0.3 is 5.69 Å². The van der Waals surface area contributed by atoms with E-state index in [9.17, 15) is 10.1 Å². The molecule has 0 amide bonds. The second-order valence-electron chi connectivity index (χ2n) is 6.13. The lowest BCUT2D eigenvalue weighted by atomic mass is 10.1. The Hall–Kier alpha value is -3.13. The fourth-order valence-electron chi connectivity index (χ4n) is 2.80. The van der Waals surface area contributed by atoms with Crippen LogP contribution in [0.4, 0.5) is 5.69 Å². The molecule has 7 nitrogen and oxygen atoms in total. The van der Waals surface area contributed by atoms with Crippen LogP contribution < -0.4 is 4.74 Å². The van der Waals surface area contributed by atoms with Crippen LogP contribution in [0.25, 0.3) is 11.4 Å². The Balaban J connectivity index is 1.86. The highest BCUT2D eigenvalue weighted by Gasteiger charge is 2.17. The molecular weight excluding hydrogens is 376 g/mol. The third-order valence-electron chi connectivity index (χ3n) is 4.11. The maximum absolute atomic E-state index is 11.2. The zero-order valence-corrected chi connectivity index (χ0v) is 16.5. The summed E-state index contributed by atoms with van der Waals surface area (Å²) < 4.78 is 7.04. The number of thioether (sulfide) groups is 1. The molecule has 0 unspecified atom stereocenters. The standard InChI is InChI=1S/C20H20N4O3S/c1-4-10-23-19(16-7-5-6-14(2)11-16)21-22-20(23)28-13-15-8-9-18(27-3)17(12-15)24(25)26/h4-9,11-12H,1,10,13H2,2-3H3. The molecule has 0 saturated carbocycles. The molecule has 0 bridgehead atoms. The molecule has 0 saturated heterocycles. The van der Waals surface area contributed by atoms with Crippen molar-refractivity contribution in [2.24, 2.45) is 0 Å². The monoisotopic (exact) mass is 396 g/mol. The van der Waals surface area contributed by atoms with Gasteiger partial charge in [-0.1, -0.05) is 47.7 Å². The Kier molecular flexibility index (Phi) is 6.10. The molecule has 2 aromatic carbocycles. The second-order valence-corrected chi connectivity index (χ2v) is 7.07. The van der Waals surface area contributed by atoms with Gasteiger partial charge in [0.05, 0.1) is 12.0 Å². The van der Waals surface area contributed by atoms with Gasteiger partial charge in [-0.15, -0.1) is 16.8 Å². The van der Waals surface area contributed by atoms with E-state index < -0.39 is 4.92 Å². The number of methoxy groups -OCH3 is 1. The number of aromatic nitrogens is 3. The van der Waals surface area contributed by atoms with Crippen molar-refractivity contribution in [3.05, 3.63) is 76.4 Å². The van der Waals surface area contributed by atoms with E-state index in [-0.39, 0.29) is 11.4 Å². The van der Waals surface area contributed by atoms with Gasteiger partial charge in [0.2, 0.25) is 0 Å². The number of rotatable bonds is 8. The third kappa shape index (κ3) is 4.23. The van der Waals surface area contributed by atoms with Crippen molar-refractivity contribution in [1.82, 2.24) is 14.8 Å². The van der Waals surface area contributed by atoms with Crippen molar-refractivity contribution in [2.75, 3.05) is 7.11 Å². The lowest BCUT2D eigenvalue weighted by Gasteiger charge is -2.09. The van der Waals surface area contributed by atoms with E-state index in [0.29, 0.717) is 12.3 Å². The smallest absolute Gasteiger partial charge is 0.311 e. The van der Waals surface area contributed by atoms with Crippen molar-refractivity contribution in [3.63, 3.8) is 0 Å². The highest BCUT2D eigenvalue weighted by atomic mass is 32.2. The van der Waals surface area contributed by atoms with Gasteiger partial charge in [0.15, 0.2) is 16.7 Å². The number of ether oxygens (including phenoxy) is 1. The lowest BCUT2D eigenvalue weighted by Crippen LogP contribution is -2.01. The minimum Gasteiger partial charge on any atom is -0.490 e. The Morgan fingerprint density at radius 1 is 1.29 bits per heavy atom. The number of nitro groups is 1. The Bertz CT molecular complexity index is 1020. The van der Waals surface area contributed by atoms with E-state index in [1.165, 1.54) is 24.9 Å². The van der Waals surface area contributed by atoms with Gasteiger partial charge in [-0.05, 0) is 24.6 Å². The average molecular weight is 396 g/mol. The molecule has 0 aliphatic carbocycles. The predicted octanol–water partition coefficient (Wildman–Crippen LogP) is 4.65. The normalized spacial score (nSPS) is 10.6. The largest absolute Gasteiger partial charge is 0.490 e. The molecule has 3 rings (SSSR count). The molecule has 1 aromatic heterocycles. The zero-order valence-electron chi connectivity index (χ0n) is 15.7. The fraction of sp³-hybridized carbons (Fsp3) is 0.200. The Morgan fingerprint density at radius 3 is 2.79 bits per heavy atom. The number of hydrogen-bond donors (Lipinski definition) is 0. The molecule has 1 heterocycles. The topological polar surface area (TPSA) is 83.1 Å². The average Bonchev–Trinajstić information content (AvgIpc) is 3.09. The summed E-state index contributed by atoms with van der Waals surface area (Å²) in [6.45, 7) is 6.43. The van der Waals surface area contributed by atoms with E-state index in [1.54, 1.807) is 12.1 Å². The molecule has 3 aromatic rings. The molecular formula is C20H20N4O3S. The Labute approximate surface area is 167 Å². The number of nitro benzene ring substituents is 1. The number of nitrogens with zero attached hydrogens (tertiary/aromatic N) is 4. The van der Waals surface area contributed by atoms with Crippen LogP contribution in [-0.2, 0) is 12.3 Å². The molecule has 28 heavy (non-hydrogen) atoms. The summed E-state index contributed by atoms with van der Waals surface area (Å²) in [5, 5.41) is 20.6. The summed E-state index contributed by atoms with van der Waals surface area (Å²) in [5.74, 6) is 1.54. The van der Waals surface area contributed by atoms with E-state index in [0.717, 1.165) is 27.7 Å². The first-order valence-corrected chi connectivity index (χ1v) is 9.57. The van der Waals surface area contributed by atoms with E-state index >= 15 is 0 Å². The van der Waals surface area contributed by atoms with Gasteiger partial charge in [0.25, 0.3) is 0 Å². The minimum atomic E-state index is -0.441. The fourth-order valence-corrected chi connectivity index (χ4v) is 3.69. The van der Waals surface area contributed by atoms with Crippen LogP contribution in [0.3, 0.4) is 0 Å². The van der Waals surface area contributed by atoms with Gasteiger partial charge < -0.3 is 4.74 Å². The zero-order chi connectivity index (χ0) is 20.1. The van der Waals surface area contributed by atoms with Crippen LogP contribution in [0.15, 0.2) is 60.3 Å². The summed E-state index contributed by atoms with van der Waals surface area (Å²) in [7, 11) is 1.42. The van der Waals surface area contributed by atoms with Crippen LogP contribution in [-0.4, -0.2) is 26.8 Å². The molecule has 0 radical (unpaired) electrons. The van der Waals surface area contributed by atoms with Crippen molar-refractivity contribution < 1.29 is 9.66 Å². The summed E-state index contributed by atoms with van der Waals surface area (Å²) in [6.07, 6.45) is 1.80. The quantitative estimate of drug-likeness (QED) is 0.239. The summed E-state index contributed by atoms with van der Waals surface area (Å²) >= 11 is 1.47. The second kappa shape index (κ2) is 8.71. The van der Waals surface area contributed by atoms with Crippen molar-refractivity contribution in [3.8, 4) is 17.1 Å². The van der Waals surface area contributed by atoms with Crippen LogP contribution in [0.5, 0.6) is 5.75 Å². The summed E-state index contributed by atoms with van der Waals surface area (Å²) in [5.41, 5.74) is 2.89. The van der Waals surface area contributed by atoms with Crippen molar-refractivity contribution in [2.45, 2.75) is 24.4 Å². The molecule has 0 aliphatic heterocycles. The number of allylic oxidation sites excluding steroid dienone is 1. The van der Waals surface area contributed by atoms with Crippen LogP contribution in [0.2, 0.25) is 0 Å². The van der Waals surface area contributed by atoms with Gasteiger partial charge in [0, 0.05) is 23.9 Å². The van der Waals surface area contributed by atoms with Gasteiger partial charge in [0.1, 0.15) is 0 Å². The molecule has 0 aliphatic rings. The Morgan fingerprint density at radius 2 is 2.11 bits per heavy atom. The number of benzene rings is 2. The van der Waals surface area contributed by atoms with Crippen molar-refractivity contribution in [1.29, 1.82) is 0 Å². The number of aryl methyl sites for hydroxylation is 1. The molecule has 0 atom stereocenters. The van der Waals surface area contributed by atoms with E-state index in [1.807, 2.05) is 35.8 Å². The maximum Gasteiger partial charge on any atom is 0.311 e. The molecule has 0 N–H and O–H groups in total. The highest BCUT2D eigenvalue weighted by Crippen LogP contribution is 2.31. The first-order chi connectivity index (χ1) is 13.5. The van der Waals surface area contributed by atoms with Crippen LogP contribution >= 0.6 is 11.8 Å². The molecule has 144 valence electrons. The van der Waals surface area contributed by atoms with Crippen LogP contribution in [0, 0.1) is 17.0 Å². The molecule has 0 spiro atoms. The highest BCUT2D eigenvalue weighted by molar-refractivity contribution is 7.98. The van der Waals surface area contributed by atoms with Gasteiger partial charge in [-0.25, -0.2) is 0 Å². The number of hydrogen-bond acceptors (Lipinski definition) is 6. The summed E-state index contributed by atoms with van der Waals surface area (Å²) in [6, 6.07) is 13.0. The van der Waals surface area contributed by atoms with E-state index in [2.05, 4.69) is 22.8 Å². The molecule has 0 fully saturated rings. The predicted molar refractivity (Wildman–Crippen MR) is 110 cm³/mol. The SMILES string of the molecule is C=CCn1c(SCc2ccc(OC)c([N+](=O)[O-])c2)nnc1-c1cccc(C)c1.